The molecule has 0 fully saturated rings. The maximum atomic E-state index is 14.8. The highest BCUT2D eigenvalue weighted by Gasteiger charge is 3.04. The fourth-order valence-corrected chi connectivity index (χ4v) is 2.44. The van der Waals surface area contributed by atoms with Crippen molar-refractivity contribution in [2.75, 3.05) is 0 Å². The quantitative estimate of drug-likeness (QED) is 0.477. The van der Waals surface area contributed by atoms with Gasteiger partial charge in [0.25, 0.3) is 22.5 Å². The first kappa shape index (κ1) is 30.6. The average molecular weight is 532 g/mol. The topological polar surface area (TPSA) is 60.7 Å². The van der Waals surface area contributed by atoms with E-state index in [4.69, 9.17) is 15.3 Å². The average Bonchev–Trinajstić information content (AvgIpc) is 2.44. The zero-order valence-corrected chi connectivity index (χ0v) is 13.5. The fourth-order valence-electron chi connectivity index (χ4n) is 2.44. The van der Waals surface area contributed by atoms with Gasteiger partial charge in [-0.25, -0.2) is 4.39 Å². The van der Waals surface area contributed by atoms with Gasteiger partial charge in [-0.3, -0.25) is 0 Å². The van der Waals surface area contributed by atoms with Crippen molar-refractivity contribution in [1.29, 1.82) is 0 Å². The summed E-state index contributed by atoms with van der Waals surface area (Å²) in [7, 11) is 0. The predicted molar refractivity (Wildman–Crippen MR) is 55.0 cm³/mol. The molecule has 194 valence electrons. The molecule has 0 rings (SSSR count). The van der Waals surface area contributed by atoms with Crippen LogP contribution >= 0.6 is 0 Å². The molecule has 0 radical (unpaired) electrons. The molecule has 0 heterocycles. The summed E-state index contributed by atoms with van der Waals surface area (Å²) in [6.07, 6.45) is -51.9. The lowest BCUT2D eigenvalue weighted by molar-refractivity contribution is -0.529. The van der Waals surface area contributed by atoms with Gasteiger partial charge >= 0.3 is 37.1 Å². The van der Waals surface area contributed by atoms with Crippen molar-refractivity contribution >= 4 is 0 Å². The largest absolute Gasteiger partial charge is 0.429 e. The van der Waals surface area contributed by atoms with Crippen LogP contribution < -0.4 is 0 Å². The van der Waals surface area contributed by atoms with Gasteiger partial charge in [0.05, 0.1) is 0 Å². The third-order valence-electron chi connectivity index (χ3n) is 3.96. The highest BCUT2D eigenvalue weighted by molar-refractivity contribution is 5.32. The van der Waals surface area contributed by atoms with Gasteiger partial charge in [0, 0.05) is 0 Å². The second-order valence-corrected chi connectivity index (χ2v) is 5.78. The Hall–Kier alpha value is -1.45. The monoisotopic (exact) mass is 532 g/mol. The van der Waals surface area contributed by atoms with Gasteiger partial charge in [-0.05, 0) is 0 Å². The van der Waals surface area contributed by atoms with Crippen molar-refractivity contribution in [2.45, 2.75) is 59.5 Å². The molecule has 0 saturated heterocycles. The van der Waals surface area contributed by atoms with Gasteiger partial charge < -0.3 is 15.3 Å². The van der Waals surface area contributed by atoms with Crippen LogP contribution in [0.25, 0.3) is 0 Å². The summed E-state index contributed by atoms with van der Waals surface area (Å²) in [5.41, 5.74) is -36.7. The number of alkyl halides is 19. The normalized spacial score (nSPS) is 17.1. The molecule has 0 aliphatic carbocycles. The van der Waals surface area contributed by atoms with E-state index < -0.39 is 59.5 Å². The van der Waals surface area contributed by atoms with Crippen LogP contribution in [-0.2, 0) is 0 Å². The van der Waals surface area contributed by atoms with E-state index in [0.717, 1.165) is 0 Å². The second-order valence-electron chi connectivity index (χ2n) is 5.78. The summed E-state index contributed by atoms with van der Waals surface area (Å²) in [5, 5.41) is 25.7. The summed E-state index contributed by atoms with van der Waals surface area (Å²) in [6.45, 7) is 0. The first-order valence-corrected chi connectivity index (χ1v) is 6.51. The van der Waals surface area contributed by atoms with E-state index >= 15 is 0 Å². The number of rotatable bonds is 3. The summed E-state index contributed by atoms with van der Waals surface area (Å²) < 4.78 is 245. The predicted octanol–water partition coefficient (Wildman–Crippen LogP) is 4.26. The van der Waals surface area contributed by atoms with Crippen molar-refractivity contribution in [3.8, 4) is 0 Å². The minimum absolute atomic E-state index is 8.58. The van der Waals surface area contributed by atoms with E-state index in [1.807, 2.05) is 0 Å². The smallest absolute Gasteiger partial charge is 0.371 e. The first-order chi connectivity index (χ1) is 13.2. The molecule has 0 aromatic rings. The molecule has 0 spiro atoms. The number of hydrogen-bond acceptors (Lipinski definition) is 3. The minimum atomic E-state index is -9.61. The molecule has 0 aliphatic rings. The molecule has 0 saturated carbocycles. The van der Waals surface area contributed by atoms with Crippen LogP contribution in [0.3, 0.4) is 0 Å². The van der Waals surface area contributed by atoms with Crippen LogP contribution in [-0.4, -0.2) is 74.8 Å². The van der Waals surface area contributed by atoms with Gasteiger partial charge in [-0.15, -0.1) is 0 Å². The molecule has 3 nitrogen and oxygen atoms in total. The molecule has 0 aromatic carbocycles. The van der Waals surface area contributed by atoms with E-state index in [1.54, 1.807) is 0 Å². The molecule has 0 bridgehead atoms. The molecule has 0 atom stereocenters. The minimum Gasteiger partial charge on any atom is -0.371 e. The Morgan fingerprint density at radius 1 is 0.250 bits per heavy atom. The first-order valence-electron chi connectivity index (χ1n) is 6.51. The molecule has 0 aromatic heterocycles. The standard InChI is InChI=1S/C10H3F19O3/c11-1(2(30,5(12,13)14)6(15,16)17,3(31,7(18,19)20)8(21,22)23)4(32,9(24,25)26)10(27,28)29/h30-32H. The van der Waals surface area contributed by atoms with E-state index in [0.29, 0.717) is 0 Å². The maximum absolute atomic E-state index is 14.8. The van der Waals surface area contributed by atoms with Crippen molar-refractivity contribution in [3.05, 3.63) is 0 Å². The van der Waals surface area contributed by atoms with Crippen LogP contribution in [0.2, 0.25) is 0 Å². The SMILES string of the molecule is OC(C(F)(F)F)(C(F)(F)F)C(F)(C(O)(C(F)(F)F)C(F)(F)F)C(O)(C(F)(F)F)C(F)(F)F. The fraction of sp³-hybridized carbons (Fsp3) is 1.00. The number of halogens is 19. The van der Waals surface area contributed by atoms with E-state index in [9.17, 15) is 83.4 Å². The third kappa shape index (κ3) is 3.42. The molecular formula is C10H3F19O3. The molecule has 0 amide bonds. The third-order valence-corrected chi connectivity index (χ3v) is 3.96. The Kier molecular flexibility index (Phi) is 6.71. The highest BCUT2D eigenvalue weighted by Crippen LogP contribution is 2.69. The van der Waals surface area contributed by atoms with E-state index in [-0.39, 0.29) is 0 Å². The molecule has 32 heavy (non-hydrogen) atoms. The Bertz CT molecular complexity index is 550. The van der Waals surface area contributed by atoms with E-state index in [2.05, 4.69) is 0 Å². The maximum Gasteiger partial charge on any atom is 0.429 e. The second kappa shape index (κ2) is 7.03. The van der Waals surface area contributed by atoms with Crippen molar-refractivity contribution < 1.29 is 98.7 Å². The van der Waals surface area contributed by atoms with Gasteiger partial charge in [-0.1, -0.05) is 0 Å². The lowest BCUT2D eigenvalue weighted by Gasteiger charge is -2.56. The van der Waals surface area contributed by atoms with Crippen molar-refractivity contribution in [3.63, 3.8) is 0 Å². The van der Waals surface area contributed by atoms with Gasteiger partial charge in [0.1, 0.15) is 0 Å². The summed E-state index contributed by atoms with van der Waals surface area (Å²) in [4.78, 5) is 0. The van der Waals surface area contributed by atoms with Crippen molar-refractivity contribution in [2.24, 2.45) is 0 Å². The summed E-state index contributed by atoms with van der Waals surface area (Å²) >= 11 is 0. The van der Waals surface area contributed by atoms with Crippen LogP contribution in [0.5, 0.6) is 0 Å². The molecule has 0 unspecified atom stereocenters. The Balaban J connectivity index is 8.69. The number of aliphatic hydroxyl groups is 3. The molecule has 22 heteroatoms. The molecule has 3 N–H and O–H groups in total. The Morgan fingerprint density at radius 2 is 0.344 bits per heavy atom. The van der Waals surface area contributed by atoms with E-state index in [1.165, 1.54) is 0 Å². The lowest BCUT2D eigenvalue weighted by atomic mass is 9.60. The Morgan fingerprint density at radius 3 is 0.406 bits per heavy atom. The zero-order valence-electron chi connectivity index (χ0n) is 13.5. The summed E-state index contributed by atoms with van der Waals surface area (Å²) in [5.74, 6) is 0. The van der Waals surface area contributed by atoms with Gasteiger partial charge in [-0.2, -0.15) is 79.0 Å². The van der Waals surface area contributed by atoms with Crippen molar-refractivity contribution in [1.82, 2.24) is 0 Å². The van der Waals surface area contributed by atoms with Gasteiger partial charge in [0.15, 0.2) is 0 Å². The van der Waals surface area contributed by atoms with Gasteiger partial charge in [0.2, 0.25) is 0 Å². The lowest BCUT2D eigenvalue weighted by Crippen LogP contribution is -2.92. The number of hydrogen-bond donors (Lipinski definition) is 3. The zero-order chi connectivity index (χ0) is 27.0. The Labute approximate surface area is 160 Å². The summed E-state index contributed by atoms with van der Waals surface area (Å²) in [6, 6.07) is 0. The van der Waals surface area contributed by atoms with Crippen LogP contribution in [0, 0.1) is 0 Å². The van der Waals surface area contributed by atoms with Crippen LogP contribution in [0.4, 0.5) is 83.4 Å². The van der Waals surface area contributed by atoms with Crippen LogP contribution in [0.1, 0.15) is 0 Å². The molecule has 0 aliphatic heterocycles. The molecular weight excluding hydrogens is 529 g/mol. The van der Waals surface area contributed by atoms with Crippen LogP contribution in [0.15, 0.2) is 0 Å². The highest BCUT2D eigenvalue weighted by atomic mass is 19.4.